The average molecular weight is 246 g/mol. The molecule has 0 aromatic carbocycles. The molecule has 1 atom stereocenters. The van der Waals surface area contributed by atoms with Gasteiger partial charge in [-0.15, -0.1) is 0 Å². The van der Waals surface area contributed by atoms with E-state index in [-0.39, 0.29) is 0 Å². The monoisotopic (exact) mass is 246 g/mol. The first-order valence-corrected chi connectivity index (χ1v) is 6.16. The molecule has 1 fully saturated rings. The Morgan fingerprint density at radius 1 is 1.67 bits per heavy atom. The minimum Gasteiger partial charge on any atom is -0.492 e. The van der Waals surface area contributed by atoms with Gasteiger partial charge in [-0.3, -0.25) is 0 Å². The van der Waals surface area contributed by atoms with Crippen molar-refractivity contribution in [1.82, 2.24) is 9.88 Å². The van der Waals surface area contributed by atoms with Gasteiger partial charge in [-0.25, -0.2) is 4.98 Å². The van der Waals surface area contributed by atoms with Crippen molar-refractivity contribution in [3.63, 3.8) is 0 Å². The van der Waals surface area contributed by atoms with Crippen molar-refractivity contribution in [2.24, 2.45) is 5.92 Å². The number of piperidine rings is 1. The largest absolute Gasteiger partial charge is 0.492 e. The summed E-state index contributed by atoms with van der Waals surface area (Å²) in [6.07, 6.45) is 3.83. The molecule has 0 saturated carbocycles. The molecule has 2 rings (SSSR count). The Labute approximate surface area is 107 Å². The molecule has 0 spiro atoms. The molecule has 0 bridgehead atoms. The van der Waals surface area contributed by atoms with Gasteiger partial charge in [0.1, 0.15) is 23.2 Å². The molecule has 5 nitrogen and oxygen atoms in total. The molecular weight excluding hydrogens is 228 g/mol. The van der Waals surface area contributed by atoms with Crippen molar-refractivity contribution < 1.29 is 4.74 Å². The summed E-state index contributed by atoms with van der Waals surface area (Å²) in [5.41, 5.74) is 6.04. The minimum atomic E-state index is 0.379. The quantitative estimate of drug-likeness (QED) is 0.868. The van der Waals surface area contributed by atoms with Gasteiger partial charge in [-0.2, -0.15) is 5.26 Å². The zero-order valence-electron chi connectivity index (χ0n) is 10.6. The molecule has 1 aromatic rings. The van der Waals surface area contributed by atoms with Crippen molar-refractivity contribution in [2.45, 2.75) is 12.8 Å². The number of anilines is 1. The SMILES string of the molecule is CN1CCC[C@@H](COc2cc(N)ncc2C#N)C1. The van der Waals surface area contributed by atoms with Crippen LogP contribution in [0, 0.1) is 17.2 Å². The Hall–Kier alpha value is -1.80. The predicted octanol–water partition coefficient (Wildman–Crippen LogP) is 1.26. The smallest absolute Gasteiger partial charge is 0.142 e. The van der Waals surface area contributed by atoms with Gasteiger partial charge in [-0.1, -0.05) is 0 Å². The second-order valence-corrected chi connectivity index (χ2v) is 4.80. The number of nitrogens with zero attached hydrogens (tertiary/aromatic N) is 3. The fourth-order valence-electron chi connectivity index (χ4n) is 2.27. The van der Waals surface area contributed by atoms with Gasteiger partial charge in [0.25, 0.3) is 0 Å². The van der Waals surface area contributed by atoms with Gasteiger partial charge < -0.3 is 15.4 Å². The average Bonchev–Trinajstić information content (AvgIpc) is 2.37. The van der Waals surface area contributed by atoms with E-state index in [1.807, 2.05) is 0 Å². The Kier molecular flexibility index (Phi) is 4.00. The highest BCUT2D eigenvalue weighted by Crippen LogP contribution is 2.22. The van der Waals surface area contributed by atoms with Crippen molar-refractivity contribution in [1.29, 1.82) is 5.26 Å². The van der Waals surface area contributed by atoms with Crippen LogP contribution in [0.15, 0.2) is 12.3 Å². The number of ether oxygens (including phenoxy) is 1. The van der Waals surface area contributed by atoms with Crippen molar-refractivity contribution >= 4 is 5.82 Å². The first kappa shape index (κ1) is 12.7. The van der Waals surface area contributed by atoms with E-state index in [1.54, 1.807) is 6.07 Å². The van der Waals surface area contributed by atoms with E-state index in [0.29, 0.717) is 29.7 Å². The highest BCUT2D eigenvalue weighted by Gasteiger charge is 2.18. The Bertz CT molecular complexity index is 455. The topological polar surface area (TPSA) is 75.2 Å². The van der Waals surface area contributed by atoms with Crippen LogP contribution in [0.4, 0.5) is 5.82 Å². The Morgan fingerprint density at radius 2 is 2.50 bits per heavy atom. The van der Waals surface area contributed by atoms with Gasteiger partial charge in [0, 0.05) is 18.5 Å². The zero-order valence-corrected chi connectivity index (χ0v) is 10.6. The second kappa shape index (κ2) is 5.69. The molecule has 1 aliphatic rings. The standard InChI is InChI=1S/C13H18N4O/c1-17-4-2-3-10(8-17)9-18-12-5-13(15)16-7-11(12)6-14/h5,7,10H,2-4,8-9H2,1H3,(H2,15,16)/t10-/m1/s1. The Balaban J connectivity index is 1.97. The maximum absolute atomic E-state index is 8.97. The number of hydrogen-bond donors (Lipinski definition) is 1. The van der Waals surface area contributed by atoms with E-state index in [2.05, 4.69) is 23.0 Å². The van der Waals surface area contributed by atoms with E-state index in [9.17, 15) is 0 Å². The van der Waals surface area contributed by atoms with Crippen LogP contribution in [0.5, 0.6) is 5.75 Å². The molecule has 0 aliphatic carbocycles. The first-order valence-electron chi connectivity index (χ1n) is 6.16. The number of hydrogen-bond acceptors (Lipinski definition) is 5. The van der Waals surface area contributed by atoms with Crippen LogP contribution >= 0.6 is 0 Å². The fraction of sp³-hybridized carbons (Fsp3) is 0.538. The number of aromatic nitrogens is 1. The van der Waals surface area contributed by atoms with Gasteiger partial charge in [0.2, 0.25) is 0 Å². The van der Waals surface area contributed by atoms with Crippen LogP contribution in [-0.4, -0.2) is 36.6 Å². The van der Waals surface area contributed by atoms with Crippen molar-refractivity contribution in [2.75, 3.05) is 32.5 Å². The van der Waals surface area contributed by atoms with Crippen LogP contribution in [0.25, 0.3) is 0 Å². The number of nitrogens with two attached hydrogens (primary N) is 1. The third kappa shape index (κ3) is 3.11. The van der Waals surface area contributed by atoms with Gasteiger partial charge in [0.05, 0.1) is 12.8 Å². The summed E-state index contributed by atoms with van der Waals surface area (Å²) in [4.78, 5) is 6.19. The summed E-state index contributed by atoms with van der Waals surface area (Å²) in [6, 6.07) is 3.68. The van der Waals surface area contributed by atoms with Crippen LogP contribution in [0.2, 0.25) is 0 Å². The van der Waals surface area contributed by atoms with Crippen LogP contribution in [0.1, 0.15) is 18.4 Å². The lowest BCUT2D eigenvalue weighted by atomic mass is 9.99. The number of nitriles is 1. The predicted molar refractivity (Wildman–Crippen MR) is 69.1 cm³/mol. The van der Waals surface area contributed by atoms with E-state index in [0.717, 1.165) is 13.1 Å². The maximum Gasteiger partial charge on any atom is 0.142 e. The van der Waals surface area contributed by atoms with Crippen molar-refractivity contribution in [3.8, 4) is 11.8 Å². The molecule has 0 radical (unpaired) electrons. The molecule has 5 heteroatoms. The highest BCUT2D eigenvalue weighted by molar-refractivity contribution is 5.47. The molecule has 0 amide bonds. The number of rotatable bonds is 3. The number of nitrogen functional groups attached to an aromatic ring is 1. The first-order chi connectivity index (χ1) is 8.69. The lowest BCUT2D eigenvalue weighted by Gasteiger charge is -2.29. The molecule has 0 unspecified atom stereocenters. The van der Waals surface area contributed by atoms with E-state index in [1.165, 1.54) is 19.0 Å². The third-order valence-corrected chi connectivity index (χ3v) is 3.20. The molecule has 96 valence electrons. The summed E-state index contributed by atoms with van der Waals surface area (Å²) in [5.74, 6) is 1.44. The second-order valence-electron chi connectivity index (χ2n) is 4.80. The Morgan fingerprint density at radius 3 is 3.22 bits per heavy atom. The summed E-state index contributed by atoms with van der Waals surface area (Å²) < 4.78 is 5.73. The minimum absolute atomic E-state index is 0.379. The van der Waals surface area contributed by atoms with E-state index >= 15 is 0 Å². The highest BCUT2D eigenvalue weighted by atomic mass is 16.5. The molecular formula is C13H18N4O. The summed E-state index contributed by atoms with van der Waals surface area (Å²) in [5, 5.41) is 8.97. The van der Waals surface area contributed by atoms with Crippen LogP contribution in [-0.2, 0) is 0 Å². The summed E-state index contributed by atoms with van der Waals surface area (Å²) in [7, 11) is 2.12. The van der Waals surface area contributed by atoms with Gasteiger partial charge in [-0.05, 0) is 26.4 Å². The van der Waals surface area contributed by atoms with Gasteiger partial charge >= 0.3 is 0 Å². The summed E-state index contributed by atoms with van der Waals surface area (Å²) in [6.45, 7) is 2.83. The number of likely N-dealkylation sites (tertiary alicyclic amines) is 1. The number of pyridine rings is 1. The molecule has 2 heterocycles. The van der Waals surface area contributed by atoms with Crippen LogP contribution < -0.4 is 10.5 Å². The van der Waals surface area contributed by atoms with Crippen molar-refractivity contribution in [3.05, 3.63) is 17.8 Å². The van der Waals surface area contributed by atoms with Gasteiger partial charge in [0.15, 0.2) is 0 Å². The lowest BCUT2D eigenvalue weighted by Crippen LogP contribution is -2.34. The normalized spacial score (nSPS) is 20.3. The fourth-order valence-corrected chi connectivity index (χ4v) is 2.27. The molecule has 1 aromatic heterocycles. The molecule has 2 N–H and O–H groups in total. The van der Waals surface area contributed by atoms with Crippen LogP contribution in [0.3, 0.4) is 0 Å². The lowest BCUT2D eigenvalue weighted by molar-refractivity contribution is 0.150. The zero-order chi connectivity index (χ0) is 13.0. The maximum atomic E-state index is 8.97. The molecule has 18 heavy (non-hydrogen) atoms. The molecule has 1 aliphatic heterocycles. The van der Waals surface area contributed by atoms with E-state index < -0.39 is 0 Å². The summed E-state index contributed by atoms with van der Waals surface area (Å²) >= 11 is 0. The molecule has 1 saturated heterocycles. The third-order valence-electron chi connectivity index (χ3n) is 3.20. The van der Waals surface area contributed by atoms with E-state index in [4.69, 9.17) is 15.7 Å².